The van der Waals surface area contributed by atoms with Crippen LogP contribution in [0.25, 0.3) is 0 Å². The minimum atomic E-state index is -1.02. The van der Waals surface area contributed by atoms with Crippen molar-refractivity contribution in [1.29, 1.82) is 0 Å². The fourth-order valence-corrected chi connectivity index (χ4v) is 5.43. The SMILES string of the molecule is CC/C=C\C/C=C\C/C=C\CCCCCCCCCC(=O)OC(/C=C\CCCCCC)CCCCCCC(=O)NC(CCCN)C(=O)O. The molecule has 0 aliphatic carbocycles. The summed E-state index contributed by atoms with van der Waals surface area (Å²) in [6.07, 6.45) is 41.7. The predicted octanol–water partition coefficient (Wildman–Crippen LogP) is 10.4. The van der Waals surface area contributed by atoms with Crippen LogP contribution in [-0.4, -0.2) is 41.6 Å². The zero-order valence-corrected chi connectivity index (χ0v) is 30.8. The summed E-state index contributed by atoms with van der Waals surface area (Å²) in [5.41, 5.74) is 5.47. The van der Waals surface area contributed by atoms with Crippen molar-refractivity contribution < 1.29 is 24.2 Å². The van der Waals surface area contributed by atoms with Gasteiger partial charge >= 0.3 is 11.9 Å². The number of nitrogens with one attached hydrogen (secondary N) is 1. The van der Waals surface area contributed by atoms with Crippen molar-refractivity contribution in [1.82, 2.24) is 5.32 Å². The second kappa shape index (κ2) is 35.6. The lowest BCUT2D eigenvalue weighted by Gasteiger charge is -2.15. The maximum Gasteiger partial charge on any atom is 0.326 e. The van der Waals surface area contributed by atoms with Gasteiger partial charge in [0.15, 0.2) is 0 Å². The van der Waals surface area contributed by atoms with E-state index in [-0.39, 0.29) is 18.0 Å². The lowest BCUT2D eigenvalue weighted by atomic mass is 10.1. The van der Waals surface area contributed by atoms with Crippen LogP contribution < -0.4 is 11.1 Å². The van der Waals surface area contributed by atoms with Crippen molar-refractivity contribution in [3.05, 3.63) is 48.6 Å². The quantitative estimate of drug-likeness (QED) is 0.0356. The van der Waals surface area contributed by atoms with Gasteiger partial charge < -0.3 is 20.9 Å². The fourth-order valence-electron chi connectivity index (χ4n) is 5.43. The predicted molar refractivity (Wildman–Crippen MR) is 202 cm³/mol. The van der Waals surface area contributed by atoms with Crippen LogP contribution >= 0.6 is 0 Å². The Morgan fingerprint density at radius 2 is 1.21 bits per heavy atom. The van der Waals surface area contributed by atoms with Gasteiger partial charge in [0.25, 0.3) is 0 Å². The molecule has 0 bridgehead atoms. The second-order valence-electron chi connectivity index (χ2n) is 13.0. The van der Waals surface area contributed by atoms with E-state index in [1.807, 2.05) is 0 Å². The largest absolute Gasteiger partial charge is 0.480 e. The standard InChI is InChI=1S/C41H72N2O5/c1-3-5-7-9-11-12-13-14-15-16-17-18-19-20-21-23-29-35-40(45)48-37(31-26-22-10-8-6-4-2)32-27-24-25-28-34-39(44)43-38(41(46)47)33-30-36-42/h5,7,11-12,14-15,26,31,37-38H,3-4,6,8-10,13,16-25,27-30,32-36,42H2,1-2H3,(H,43,44)(H,46,47)/b7-5-,12-11-,15-14-,31-26-. The van der Waals surface area contributed by atoms with Crippen LogP contribution in [-0.2, 0) is 19.1 Å². The first-order valence-electron chi connectivity index (χ1n) is 19.5. The van der Waals surface area contributed by atoms with E-state index < -0.39 is 12.0 Å². The van der Waals surface area contributed by atoms with Crippen LogP contribution in [0.3, 0.4) is 0 Å². The van der Waals surface area contributed by atoms with E-state index >= 15 is 0 Å². The molecule has 0 spiro atoms. The van der Waals surface area contributed by atoms with Gasteiger partial charge in [0.2, 0.25) is 5.91 Å². The number of carboxylic acid groups (broad SMARTS) is 1. The zero-order valence-electron chi connectivity index (χ0n) is 30.8. The number of esters is 1. The van der Waals surface area contributed by atoms with Crippen LogP contribution in [0.15, 0.2) is 48.6 Å². The van der Waals surface area contributed by atoms with Crippen molar-refractivity contribution in [2.24, 2.45) is 5.73 Å². The van der Waals surface area contributed by atoms with Crippen molar-refractivity contribution in [2.75, 3.05) is 6.54 Å². The van der Waals surface area contributed by atoms with E-state index in [2.05, 4.69) is 67.8 Å². The number of amides is 1. The molecule has 4 N–H and O–H groups in total. The Hall–Kier alpha value is -2.67. The number of unbranched alkanes of at least 4 members (excludes halogenated alkanes) is 14. The van der Waals surface area contributed by atoms with Gasteiger partial charge in [-0.05, 0) is 96.1 Å². The number of aliphatic carboxylic acids is 1. The molecule has 7 nitrogen and oxygen atoms in total. The van der Waals surface area contributed by atoms with Crippen LogP contribution in [0.1, 0.15) is 174 Å². The number of allylic oxidation sites excluding steroid dienone is 7. The summed E-state index contributed by atoms with van der Waals surface area (Å²) in [5.74, 6) is -1.35. The molecule has 1 amide bonds. The molecule has 2 atom stereocenters. The Bertz CT molecular complexity index is 895. The molecule has 7 heteroatoms. The van der Waals surface area contributed by atoms with Gasteiger partial charge in [-0.15, -0.1) is 0 Å². The van der Waals surface area contributed by atoms with Gasteiger partial charge in [-0.3, -0.25) is 9.59 Å². The first-order chi connectivity index (χ1) is 23.4. The molecule has 0 radical (unpaired) electrons. The van der Waals surface area contributed by atoms with Gasteiger partial charge in [0, 0.05) is 12.8 Å². The number of carbonyl (C=O) groups excluding carboxylic acids is 2. The molecule has 276 valence electrons. The molecule has 0 rings (SSSR count). The number of rotatable bonds is 34. The Morgan fingerprint density at radius 1 is 0.646 bits per heavy atom. The molecule has 0 aromatic rings. The summed E-state index contributed by atoms with van der Waals surface area (Å²) in [6, 6.07) is -0.871. The van der Waals surface area contributed by atoms with E-state index in [9.17, 15) is 19.5 Å². The van der Waals surface area contributed by atoms with Gasteiger partial charge in [-0.1, -0.05) is 121 Å². The lowest BCUT2D eigenvalue weighted by molar-refractivity contribution is -0.147. The second-order valence-corrected chi connectivity index (χ2v) is 13.0. The summed E-state index contributed by atoms with van der Waals surface area (Å²) in [4.78, 5) is 36.1. The van der Waals surface area contributed by atoms with Gasteiger partial charge in [0.05, 0.1) is 0 Å². The highest BCUT2D eigenvalue weighted by Crippen LogP contribution is 2.15. The number of ether oxygens (including phenoxy) is 1. The number of nitrogens with two attached hydrogens (primary N) is 1. The molecule has 48 heavy (non-hydrogen) atoms. The number of hydrogen-bond acceptors (Lipinski definition) is 5. The molecular weight excluding hydrogens is 600 g/mol. The highest BCUT2D eigenvalue weighted by Gasteiger charge is 2.19. The Kier molecular flexibility index (Phi) is 33.7. The van der Waals surface area contributed by atoms with E-state index in [0.29, 0.717) is 38.6 Å². The number of hydrogen-bond donors (Lipinski definition) is 3. The van der Waals surface area contributed by atoms with Crippen LogP contribution in [0.5, 0.6) is 0 Å². The van der Waals surface area contributed by atoms with Gasteiger partial charge in [0.1, 0.15) is 12.1 Å². The van der Waals surface area contributed by atoms with Crippen LogP contribution in [0, 0.1) is 0 Å². The lowest BCUT2D eigenvalue weighted by Crippen LogP contribution is -2.40. The van der Waals surface area contributed by atoms with Gasteiger partial charge in [-0.25, -0.2) is 4.79 Å². The fraction of sp³-hybridized carbons (Fsp3) is 0.732. The molecular formula is C41H72N2O5. The Morgan fingerprint density at radius 3 is 1.85 bits per heavy atom. The first kappa shape index (κ1) is 45.3. The molecule has 0 aliphatic heterocycles. The molecule has 0 aromatic carbocycles. The average molecular weight is 673 g/mol. The minimum Gasteiger partial charge on any atom is -0.480 e. The maximum absolute atomic E-state index is 12.6. The minimum absolute atomic E-state index is 0.103. The third-order valence-corrected chi connectivity index (χ3v) is 8.36. The highest BCUT2D eigenvalue weighted by atomic mass is 16.5. The summed E-state index contributed by atoms with van der Waals surface area (Å²) in [7, 11) is 0. The first-order valence-corrected chi connectivity index (χ1v) is 19.5. The van der Waals surface area contributed by atoms with Gasteiger partial charge in [-0.2, -0.15) is 0 Å². The molecule has 0 aromatic heterocycles. The topological polar surface area (TPSA) is 119 Å². The Labute approximate surface area is 294 Å². The molecule has 0 saturated carbocycles. The van der Waals surface area contributed by atoms with Crippen molar-refractivity contribution >= 4 is 17.8 Å². The normalized spacial score (nSPS) is 13.2. The molecule has 0 fully saturated rings. The number of carboxylic acids is 1. The monoisotopic (exact) mass is 673 g/mol. The number of carbonyl (C=O) groups is 3. The van der Waals surface area contributed by atoms with E-state index in [1.54, 1.807) is 0 Å². The van der Waals surface area contributed by atoms with Crippen LogP contribution in [0.2, 0.25) is 0 Å². The smallest absolute Gasteiger partial charge is 0.326 e. The average Bonchev–Trinajstić information content (AvgIpc) is 3.07. The summed E-state index contributed by atoms with van der Waals surface area (Å²) >= 11 is 0. The van der Waals surface area contributed by atoms with E-state index in [4.69, 9.17) is 10.5 Å². The van der Waals surface area contributed by atoms with E-state index in [0.717, 1.165) is 77.0 Å². The third-order valence-electron chi connectivity index (χ3n) is 8.36. The highest BCUT2D eigenvalue weighted by molar-refractivity contribution is 5.83. The summed E-state index contributed by atoms with van der Waals surface area (Å²) in [6.45, 7) is 4.77. The molecule has 0 saturated heterocycles. The Balaban J connectivity index is 4.20. The maximum atomic E-state index is 12.6. The summed E-state index contributed by atoms with van der Waals surface area (Å²) in [5, 5.41) is 11.9. The van der Waals surface area contributed by atoms with Crippen LogP contribution in [0.4, 0.5) is 0 Å². The van der Waals surface area contributed by atoms with Crippen molar-refractivity contribution in [3.8, 4) is 0 Å². The molecule has 0 heterocycles. The molecule has 2 unspecified atom stereocenters. The molecule has 0 aliphatic rings. The summed E-state index contributed by atoms with van der Waals surface area (Å²) < 4.78 is 5.88. The van der Waals surface area contributed by atoms with Crippen molar-refractivity contribution in [2.45, 2.75) is 187 Å². The zero-order chi connectivity index (χ0) is 35.3. The van der Waals surface area contributed by atoms with E-state index in [1.165, 1.54) is 51.4 Å². The van der Waals surface area contributed by atoms with Crippen molar-refractivity contribution in [3.63, 3.8) is 0 Å². The third kappa shape index (κ3) is 31.9.